The van der Waals surface area contributed by atoms with Crippen molar-refractivity contribution in [2.75, 3.05) is 6.54 Å². The summed E-state index contributed by atoms with van der Waals surface area (Å²) in [6.45, 7) is -0.0397. The van der Waals surface area contributed by atoms with E-state index in [2.05, 4.69) is 5.32 Å². The third kappa shape index (κ3) is 3.16. The molecule has 0 spiro atoms. The second kappa shape index (κ2) is 5.82. The summed E-state index contributed by atoms with van der Waals surface area (Å²) in [6.07, 6.45) is 2.52. The lowest BCUT2D eigenvalue weighted by molar-refractivity contribution is -0.123. The van der Waals surface area contributed by atoms with E-state index >= 15 is 0 Å². The third-order valence-electron chi connectivity index (χ3n) is 2.41. The highest BCUT2D eigenvalue weighted by atomic mass is 35.5. The Labute approximate surface area is 89.0 Å². The first-order valence-corrected chi connectivity index (χ1v) is 4.44. The molecule has 6 heteroatoms. The zero-order valence-corrected chi connectivity index (χ0v) is 8.68. The lowest BCUT2D eigenvalue weighted by atomic mass is 10.0. The van der Waals surface area contributed by atoms with Crippen LogP contribution in [0.5, 0.6) is 0 Å². The van der Waals surface area contributed by atoms with Crippen LogP contribution in [0.2, 0.25) is 0 Å². The van der Waals surface area contributed by atoms with Crippen LogP contribution in [0.4, 0.5) is 0 Å². The van der Waals surface area contributed by atoms with E-state index in [9.17, 15) is 9.59 Å². The minimum atomic E-state index is -0.333. The Balaban J connectivity index is 0.00000169. The van der Waals surface area contributed by atoms with Crippen molar-refractivity contribution in [3.8, 4) is 0 Å². The van der Waals surface area contributed by atoms with Gasteiger partial charge >= 0.3 is 0 Å². The molecule has 5 nitrogen and oxygen atoms in total. The number of primary amides is 1. The first-order chi connectivity index (χ1) is 6.15. The summed E-state index contributed by atoms with van der Waals surface area (Å²) in [7, 11) is 0. The Morgan fingerprint density at radius 1 is 1.36 bits per heavy atom. The first-order valence-electron chi connectivity index (χ1n) is 4.44. The topological polar surface area (TPSA) is 98.2 Å². The van der Waals surface area contributed by atoms with Crippen LogP contribution in [0.15, 0.2) is 0 Å². The average Bonchev–Trinajstić information content (AvgIpc) is 2.52. The highest BCUT2D eigenvalue weighted by molar-refractivity contribution is 5.85. The van der Waals surface area contributed by atoms with Gasteiger partial charge in [0.25, 0.3) is 0 Å². The van der Waals surface area contributed by atoms with Crippen molar-refractivity contribution in [1.82, 2.24) is 5.32 Å². The number of hydrogen-bond donors (Lipinski definition) is 3. The maximum atomic E-state index is 10.9. The molecule has 1 rings (SSSR count). The van der Waals surface area contributed by atoms with Crippen LogP contribution in [-0.2, 0) is 9.59 Å². The van der Waals surface area contributed by atoms with E-state index in [0.29, 0.717) is 0 Å². The molecule has 2 atom stereocenters. The smallest absolute Gasteiger partial charge is 0.233 e. The normalized spacial score (nSPS) is 25.2. The molecule has 0 aromatic heterocycles. The van der Waals surface area contributed by atoms with Gasteiger partial charge < -0.3 is 16.8 Å². The van der Waals surface area contributed by atoms with Crippen molar-refractivity contribution in [2.24, 2.45) is 17.4 Å². The molecule has 0 heterocycles. The highest BCUT2D eigenvalue weighted by Crippen LogP contribution is 2.24. The van der Waals surface area contributed by atoms with E-state index in [1.807, 2.05) is 0 Å². The van der Waals surface area contributed by atoms with Gasteiger partial charge in [0.2, 0.25) is 11.8 Å². The zero-order valence-electron chi connectivity index (χ0n) is 7.86. The van der Waals surface area contributed by atoms with Crippen molar-refractivity contribution in [3.05, 3.63) is 0 Å². The van der Waals surface area contributed by atoms with Gasteiger partial charge in [-0.3, -0.25) is 9.59 Å². The van der Waals surface area contributed by atoms with Gasteiger partial charge in [-0.1, -0.05) is 6.42 Å². The molecule has 2 unspecified atom stereocenters. The number of amides is 2. The minimum absolute atomic E-state index is 0. The second-order valence-electron chi connectivity index (χ2n) is 3.32. The monoisotopic (exact) mass is 221 g/mol. The number of hydrogen-bond acceptors (Lipinski definition) is 3. The standard InChI is InChI=1S/C8H15N3O2.ClH/c9-4-7(12)11-6-3-1-2-5(6)8(10)13;/h5-6H,1-4,9H2,(H2,10,13)(H,11,12);1H. The van der Waals surface area contributed by atoms with E-state index in [1.54, 1.807) is 0 Å². The second-order valence-corrected chi connectivity index (χ2v) is 3.32. The van der Waals surface area contributed by atoms with Crippen molar-refractivity contribution in [3.63, 3.8) is 0 Å². The highest BCUT2D eigenvalue weighted by Gasteiger charge is 2.32. The molecule has 0 aromatic rings. The molecule has 1 aliphatic rings. The van der Waals surface area contributed by atoms with Crippen molar-refractivity contribution >= 4 is 24.2 Å². The maximum Gasteiger partial charge on any atom is 0.233 e. The van der Waals surface area contributed by atoms with Gasteiger partial charge in [-0.2, -0.15) is 0 Å². The van der Waals surface area contributed by atoms with Crippen LogP contribution in [0.3, 0.4) is 0 Å². The van der Waals surface area contributed by atoms with E-state index < -0.39 is 0 Å². The predicted molar refractivity (Wildman–Crippen MR) is 54.8 cm³/mol. The summed E-state index contributed by atoms with van der Waals surface area (Å²) >= 11 is 0. The molecule has 1 fully saturated rings. The fraction of sp³-hybridized carbons (Fsp3) is 0.750. The van der Waals surface area contributed by atoms with Gasteiger partial charge in [0.05, 0.1) is 12.5 Å². The van der Waals surface area contributed by atoms with Crippen LogP contribution in [-0.4, -0.2) is 24.4 Å². The fourth-order valence-corrected chi connectivity index (χ4v) is 1.74. The first kappa shape index (κ1) is 13.2. The summed E-state index contributed by atoms with van der Waals surface area (Å²) in [5.41, 5.74) is 10.3. The summed E-state index contributed by atoms with van der Waals surface area (Å²) in [4.78, 5) is 21.9. The molecule has 14 heavy (non-hydrogen) atoms. The van der Waals surface area contributed by atoms with Gasteiger partial charge in [0, 0.05) is 6.04 Å². The Morgan fingerprint density at radius 2 is 2.00 bits per heavy atom. The van der Waals surface area contributed by atoms with Gasteiger partial charge in [0.15, 0.2) is 0 Å². The molecular weight excluding hydrogens is 206 g/mol. The molecule has 5 N–H and O–H groups in total. The molecule has 1 saturated carbocycles. The lowest BCUT2D eigenvalue weighted by Gasteiger charge is -2.17. The summed E-state index contributed by atoms with van der Waals surface area (Å²) in [5, 5.41) is 2.70. The fourth-order valence-electron chi connectivity index (χ4n) is 1.74. The summed E-state index contributed by atoms with van der Waals surface area (Å²) < 4.78 is 0. The van der Waals surface area contributed by atoms with Crippen LogP contribution in [0, 0.1) is 5.92 Å². The van der Waals surface area contributed by atoms with Gasteiger partial charge in [-0.15, -0.1) is 12.4 Å². The number of rotatable bonds is 3. The molecule has 0 aliphatic heterocycles. The third-order valence-corrected chi connectivity index (χ3v) is 2.41. The molecule has 0 saturated heterocycles. The zero-order chi connectivity index (χ0) is 9.84. The number of nitrogens with one attached hydrogen (secondary N) is 1. The molecule has 82 valence electrons. The van der Waals surface area contributed by atoms with Crippen molar-refractivity contribution < 1.29 is 9.59 Å². The van der Waals surface area contributed by atoms with Crippen LogP contribution in [0.1, 0.15) is 19.3 Å². The van der Waals surface area contributed by atoms with Crippen molar-refractivity contribution in [2.45, 2.75) is 25.3 Å². The van der Waals surface area contributed by atoms with Gasteiger partial charge in [-0.05, 0) is 12.8 Å². The van der Waals surface area contributed by atoms with Gasteiger partial charge in [0.1, 0.15) is 0 Å². The van der Waals surface area contributed by atoms with E-state index in [-0.39, 0.29) is 42.7 Å². The Kier molecular flexibility index (Phi) is 5.49. The summed E-state index contributed by atoms with van der Waals surface area (Å²) in [5.74, 6) is -0.770. The van der Waals surface area contributed by atoms with Crippen LogP contribution >= 0.6 is 12.4 Å². The van der Waals surface area contributed by atoms with E-state index in [0.717, 1.165) is 19.3 Å². The summed E-state index contributed by atoms with van der Waals surface area (Å²) in [6, 6.07) is -0.103. The van der Waals surface area contributed by atoms with Crippen molar-refractivity contribution in [1.29, 1.82) is 0 Å². The molecule has 0 bridgehead atoms. The molecule has 0 aromatic carbocycles. The van der Waals surface area contributed by atoms with Crippen LogP contribution in [0.25, 0.3) is 0 Å². The predicted octanol–water partition coefficient (Wildman–Crippen LogP) is -0.863. The maximum absolute atomic E-state index is 10.9. The number of nitrogens with two attached hydrogens (primary N) is 2. The average molecular weight is 222 g/mol. The Bertz CT molecular complexity index is 223. The van der Waals surface area contributed by atoms with Gasteiger partial charge in [-0.25, -0.2) is 0 Å². The SMILES string of the molecule is Cl.NCC(=O)NC1CCCC1C(N)=O. The quantitative estimate of drug-likeness (QED) is 0.578. The Hall–Kier alpha value is -0.810. The Morgan fingerprint density at radius 3 is 2.50 bits per heavy atom. The molecular formula is C8H16ClN3O2. The minimum Gasteiger partial charge on any atom is -0.369 e. The molecule has 0 radical (unpaired) electrons. The lowest BCUT2D eigenvalue weighted by Crippen LogP contribution is -2.44. The molecule has 1 aliphatic carbocycles. The van der Waals surface area contributed by atoms with E-state index in [4.69, 9.17) is 11.5 Å². The number of halogens is 1. The van der Waals surface area contributed by atoms with Crippen LogP contribution < -0.4 is 16.8 Å². The van der Waals surface area contributed by atoms with E-state index in [1.165, 1.54) is 0 Å². The number of carbonyl (C=O) groups excluding carboxylic acids is 2. The largest absolute Gasteiger partial charge is 0.369 e. The molecule has 2 amide bonds. The number of carbonyl (C=O) groups is 2.